The minimum atomic E-state index is -0.319. The molecule has 2 atom stereocenters. The van der Waals surface area contributed by atoms with Gasteiger partial charge in [-0.15, -0.1) is 0 Å². The van der Waals surface area contributed by atoms with E-state index in [0.717, 1.165) is 48.2 Å². The molecule has 2 aliphatic rings. The van der Waals surface area contributed by atoms with Gasteiger partial charge >= 0.3 is 6.01 Å². The SMILES string of the molecule is CNc1cc(F)cc2c1[nH]c1nc(Oc3cncc(OC)c3)nc(N3CCC4CNC4C3)c12. The lowest BCUT2D eigenvalue weighted by Crippen LogP contribution is -2.62. The Balaban J connectivity index is 1.51. The van der Waals surface area contributed by atoms with E-state index in [1.54, 1.807) is 32.6 Å². The molecule has 170 valence electrons. The standard InChI is InChI=1S/C23H24FN7O2/c1-25-17-6-13(24)5-16-19-21(28-20(16)17)29-23(33-15-7-14(32-2)9-26-10-15)30-22(19)31-4-3-12-8-27-18(12)11-31/h5-7,9-10,12,18,25,27H,3-4,8,11H2,1-2H3,(H,28,29,30). The van der Waals surface area contributed by atoms with Crippen molar-refractivity contribution in [2.45, 2.75) is 12.5 Å². The second-order valence-electron chi connectivity index (χ2n) is 8.48. The van der Waals surface area contributed by atoms with E-state index in [1.807, 2.05) is 0 Å². The molecule has 0 saturated carbocycles. The number of halogens is 1. The number of piperidine rings is 1. The summed E-state index contributed by atoms with van der Waals surface area (Å²) in [6.07, 6.45) is 4.26. The number of nitrogens with zero attached hydrogens (tertiary/aromatic N) is 4. The molecule has 0 spiro atoms. The minimum absolute atomic E-state index is 0.189. The highest BCUT2D eigenvalue weighted by Gasteiger charge is 2.37. The van der Waals surface area contributed by atoms with E-state index < -0.39 is 0 Å². The smallest absolute Gasteiger partial charge is 0.326 e. The van der Waals surface area contributed by atoms with E-state index in [4.69, 9.17) is 14.5 Å². The van der Waals surface area contributed by atoms with Gasteiger partial charge in [0.1, 0.15) is 23.0 Å². The van der Waals surface area contributed by atoms with Gasteiger partial charge in [0.2, 0.25) is 0 Å². The number of fused-ring (bicyclic) bond motifs is 4. The van der Waals surface area contributed by atoms with Crippen molar-refractivity contribution in [3.05, 3.63) is 36.4 Å². The van der Waals surface area contributed by atoms with Crippen molar-refractivity contribution in [1.82, 2.24) is 25.3 Å². The van der Waals surface area contributed by atoms with Crippen LogP contribution in [0.15, 0.2) is 30.6 Å². The second kappa shape index (κ2) is 7.73. The highest BCUT2D eigenvalue weighted by molar-refractivity contribution is 6.14. The zero-order valence-corrected chi connectivity index (χ0v) is 18.4. The molecule has 0 aliphatic carbocycles. The van der Waals surface area contributed by atoms with Crippen LogP contribution in [0, 0.1) is 11.7 Å². The number of nitrogens with one attached hydrogen (secondary N) is 3. The predicted molar refractivity (Wildman–Crippen MR) is 124 cm³/mol. The number of methoxy groups -OCH3 is 1. The summed E-state index contributed by atoms with van der Waals surface area (Å²) in [6, 6.07) is 5.35. The van der Waals surface area contributed by atoms with E-state index >= 15 is 0 Å². The van der Waals surface area contributed by atoms with Gasteiger partial charge in [-0.2, -0.15) is 9.97 Å². The summed E-state index contributed by atoms with van der Waals surface area (Å²) in [4.78, 5) is 19.1. The Morgan fingerprint density at radius 2 is 2.06 bits per heavy atom. The minimum Gasteiger partial charge on any atom is -0.495 e. The fourth-order valence-corrected chi connectivity index (χ4v) is 4.78. The molecule has 10 heteroatoms. The summed E-state index contributed by atoms with van der Waals surface area (Å²) in [7, 11) is 3.34. The molecule has 0 amide bonds. The van der Waals surface area contributed by atoms with Crippen molar-refractivity contribution in [2.75, 3.05) is 44.0 Å². The molecule has 0 radical (unpaired) electrons. The van der Waals surface area contributed by atoms with Crippen LogP contribution in [-0.2, 0) is 0 Å². The van der Waals surface area contributed by atoms with Gasteiger partial charge in [-0.25, -0.2) is 4.39 Å². The lowest BCUT2D eigenvalue weighted by Gasteiger charge is -2.46. The molecule has 0 bridgehead atoms. The van der Waals surface area contributed by atoms with Gasteiger partial charge in [-0.05, 0) is 31.0 Å². The normalized spacial score (nSPS) is 19.9. The number of anilines is 2. The molecule has 1 aromatic carbocycles. The largest absolute Gasteiger partial charge is 0.495 e. The third-order valence-corrected chi connectivity index (χ3v) is 6.59. The van der Waals surface area contributed by atoms with Crippen molar-refractivity contribution in [3.8, 4) is 17.5 Å². The number of benzene rings is 1. The molecule has 2 fully saturated rings. The number of aromatic amines is 1. The molecule has 3 N–H and O–H groups in total. The van der Waals surface area contributed by atoms with Crippen LogP contribution in [-0.4, -0.2) is 59.8 Å². The summed E-state index contributed by atoms with van der Waals surface area (Å²) in [5.41, 5.74) is 2.03. The number of aromatic nitrogens is 4. The van der Waals surface area contributed by atoms with E-state index in [0.29, 0.717) is 34.8 Å². The van der Waals surface area contributed by atoms with Crippen LogP contribution >= 0.6 is 0 Å². The topological polar surface area (TPSA) is 100 Å². The van der Waals surface area contributed by atoms with Crippen molar-refractivity contribution in [2.24, 2.45) is 5.92 Å². The van der Waals surface area contributed by atoms with Crippen LogP contribution in [0.5, 0.6) is 17.5 Å². The number of hydrogen-bond acceptors (Lipinski definition) is 8. The zero-order valence-electron chi connectivity index (χ0n) is 18.4. The molecular weight excluding hydrogens is 425 g/mol. The molecule has 6 rings (SSSR count). The predicted octanol–water partition coefficient (Wildman–Crippen LogP) is 3.29. The van der Waals surface area contributed by atoms with Gasteiger partial charge in [0.15, 0.2) is 5.75 Å². The summed E-state index contributed by atoms with van der Waals surface area (Å²) in [6.45, 7) is 2.77. The molecule has 5 heterocycles. The Hall–Kier alpha value is -3.66. The highest BCUT2D eigenvalue weighted by Crippen LogP contribution is 2.39. The van der Waals surface area contributed by atoms with Crippen LogP contribution < -0.4 is 25.0 Å². The summed E-state index contributed by atoms with van der Waals surface area (Å²) in [5.74, 6) is 2.16. The fraction of sp³-hybridized carbons (Fsp3) is 0.348. The van der Waals surface area contributed by atoms with Crippen molar-refractivity contribution < 1.29 is 13.9 Å². The third kappa shape index (κ3) is 3.37. The quantitative estimate of drug-likeness (QED) is 0.427. The van der Waals surface area contributed by atoms with Gasteiger partial charge in [0.05, 0.1) is 36.1 Å². The average molecular weight is 449 g/mol. The Kier molecular flexibility index (Phi) is 4.68. The number of hydrogen-bond donors (Lipinski definition) is 3. The van der Waals surface area contributed by atoms with Crippen LogP contribution in [0.4, 0.5) is 15.9 Å². The molecule has 33 heavy (non-hydrogen) atoms. The third-order valence-electron chi connectivity index (χ3n) is 6.59. The van der Waals surface area contributed by atoms with Gasteiger partial charge in [-0.3, -0.25) is 4.98 Å². The Labute approximate surface area is 189 Å². The maximum absolute atomic E-state index is 14.5. The van der Waals surface area contributed by atoms with Crippen LogP contribution in [0.2, 0.25) is 0 Å². The highest BCUT2D eigenvalue weighted by atomic mass is 19.1. The van der Waals surface area contributed by atoms with Gasteiger partial charge in [-0.1, -0.05) is 0 Å². The molecular formula is C23H24FN7O2. The number of rotatable bonds is 5. The van der Waals surface area contributed by atoms with Gasteiger partial charge in [0.25, 0.3) is 0 Å². The Morgan fingerprint density at radius 1 is 1.18 bits per heavy atom. The fourth-order valence-electron chi connectivity index (χ4n) is 4.78. The second-order valence-corrected chi connectivity index (χ2v) is 8.48. The molecule has 2 unspecified atom stereocenters. The number of H-pyrrole nitrogens is 1. The van der Waals surface area contributed by atoms with Crippen molar-refractivity contribution in [3.63, 3.8) is 0 Å². The monoisotopic (exact) mass is 449 g/mol. The maximum atomic E-state index is 14.5. The first-order valence-electron chi connectivity index (χ1n) is 11.0. The van der Waals surface area contributed by atoms with E-state index in [-0.39, 0.29) is 11.8 Å². The van der Waals surface area contributed by atoms with Crippen molar-refractivity contribution in [1.29, 1.82) is 0 Å². The first kappa shape index (κ1) is 20.0. The lowest BCUT2D eigenvalue weighted by molar-refractivity contribution is 0.196. The first-order chi connectivity index (χ1) is 16.1. The number of pyridine rings is 1. The Bertz CT molecular complexity index is 1360. The first-order valence-corrected chi connectivity index (χ1v) is 11.0. The molecule has 9 nitrogen and oxygen atoms in total. The zero-order chi connectivity index (χ0) is 22.5. The average Bonchev–Trinajstić information content (AvgIpc) is 3.17. The number of ether oxygens (including phenoxy) is 2. The van der Waals surface area contributed by atoms with E-state index in [9.17, 15) is 4.39 Å². The van der Waals surface area contributed by atoms with Crippen LogP contribution in [0.25, 0.3) is 21.9 Å². The van der Waals surface area contributed by atoms with Gasteiger partial charge in [0, 0.05) is 37.6 Å². The molecule has 2 saturated heterocycles. The summed E-state index contributed by atoms with van der Waals surface area (Å²) in [5, 5.41) is 8.09. The van der Waals surface area contributed by atoms with Gasteiger partial charge < -0.3 is 30.0 Å². The Morgan fingerprint density at radius 3 is 2.82 bits per heavy atom. The van der Waals surface area contributed by atoms with Crippen molar-refractivity contribution >= 4 is 33.4 Å². The van der Waals surface area contributed by atoms with Crippen LogP contribution in [0.3, 0.4) is 0 Å². The summed E-state index contributed by atoms with van der Waals surface area (Å²) >= 11 is 0. The molecule has 3 aromatic heterocycles. The molecule has 2 aliphatic heterocycles. The van der Waals surface area contributed by atoms with Crippen LogP contribution in [0.1, 0.15) is 6.42 Å². The maximum Gasteiger partial charge on any atom is 0.326 e. The molecule has 4 aromatic rings. The lowest BCUT2D eigenvalue weighted by atomic mass is 9.85. The van der Waals surface area contributed by atoms with E-state index in [2.05, 4.69) is 30.5 Å². The van der Waals surface area contributed by atoms with E-state index in [1.165, 1.54) is 12.1 Å². The summed E-state index contributed by atoms with van der Waals surface area (Å²) < 4.78 is 25.7.